The van der Waals surface area contributed by atoms with E-state index in [1.807, 2.05) is 6.92 Å². The zero-order chi connectivity index (χ0) is 17.9. The number of hydrogen-bond acceptors (Lipinski definition) is 6. The van der Waals surface area contributed by atoms with Crippen LogP contribution < -0.4 is 4.72 Å². The van der Waals surface area contributed by atoms with Crippen LogP contribution in [0, 0.1) is 24.0 Å². The van der Waals surface area contributed by atoms with Crippen molar-refractivity contribution in [2.75, 3.05) is 32.8 Å². The Morgan fingerprint density at radius 1 is 1.33 bits per heavy atom. The number of rotatable bonds is 6. The number of nitro benzene ring substituents is 1. The third-order valence-electron chi connectivity index (χ3n) is 4.34. The van der Waals surface area contributed by atoms with Crippen LogP contribution in [0.15, 0.2) is 17.0 Å². The van der Waals surface area contributed by atoms with Crippen LogP contribution in [0.25, 0.3) is 0 Å². The largest absolute Gasteiger partial charge is 0.379 e. The van der Waals surface area contributed by atoms with Crippen molar-refractivity contribution >= 4 is 15.7 Å². The highest BCUT2D eigenvalue weighted by atomic mass is 32.2. The van der Waals surface area contributed by atoms with Gasteiger partial charge in [-0.2, -0.15) is 0 Å². The normalized spacial score (nSPS) is 17.6. The Kier molecular flexibility index (Phi) is 5.92. The van der Waals surface area contributed by atoms with Gasteiger partial charge in [-0.3, -0.25) is 15.0 Å². The molecule has 1 atom stereocenters. The number of aryl methyl sites for hydroxylation is 1. The first-order chi connectivity index (χ1) is 11.2. The molecule has 0 saturated carbocycles. The summed E-state index contributed by atoms with van der Waals surface area (Å²) in [5, 5.41) is 11.0. The summed E-state index contributed by atoms with van der Waals surface area (Å²) >= 11 is 0. The first-order valence-corrected chi connectivity index (χ1v) is 9.28. The maximum Gasteiger partial charge on any atom is 0.271 e. The van der Waals surface area contributed by atoms with Crippen LogP contribution in [0.1, 0.15) is 18.1 Å². The van der Waals surface area contributed by atoms with Crippen LogP contribution in [0.3, 0.4) is 0 Å². The van der Waals surface area contributed by atoms with Gasteiger partial charge in [-0.05, 0) is 31.9 Å². The number of nitro groups is 1. The first kappa shape index (κ1) is 18.8. The molecule has 0 amide bonds. The van der Waals surface area contributed by atoms with Gasteiger partial charge in [0.25, 0.3) is 5.69 Å². The molecule has 1 saturated heterocycles. The van der Waals surface area contributed by atoms with Gasteiger partial charge in [0, 0.05) is 37.8 Å². The monoisotopic (exact) mass is 357 g/mol. The number of nitrogens with one attached hydrogen (secondary N) is 1. The maximum absolute atomic E-state index is 12.6. The van der Waals surface area contributed by atoms with E-state index >= 15 is 0 Å². The highest BCUT2D eigenvalue weighted by molar-refractivity contribution is 7.89. The van der Waals surface area contributed by atoms with Gasteiger partial charge < -0.3 is 4.74 Å². The van der Waals surface area contributed by atoms with Crippen molar-refractivity contribution in [3.05, 3.63) is 33.4 Å². The van der Waals surface area contributed by atoms with Crippen molar-refractivity contribution in [2.45, 2.75) is 31.7 Å². The fourth-order valence-corrected chi connectivity index (χ4v) is 4.10. The SMILES string of the molecule is Cc1cc([N+](=O)[O-])cc(S(=O)(=O)NCC(C)N2CCOCC2)c1C. The second-order valence-electron chi connectivity index (χ2n) is 5.99. The lowest BCUT2D eigenvalue weighted by Gasteiger charge is -2.32. The van der Waals surface area contributed by atoms with Gasteiger partial charge >= 0.3 is 0 Å². The lowest BCUT2D eigenvalue weighted by molar-refractivity contribution is -0.385. The lowest BCUT2D eigenvalue weighted by atomic mass is 10.1. The average Bonchev–Trinajstić information content (AvgIpc) is 2.55. The number of non-ortho nitro benzene ring substituents is 1. The number of sulfonamides is 1. The molecule has 1 fully saturated rings. The zero-order valence-corrected chi connectivity index (χ0v) is 14.9. The quantitative estimate of drug-likeness (QED) is 0.606. The van der Waals surface area contributed by atoms with Crippen LogP contribution in [0.2, 0.25) is 0 Å². The Balaban J connectivity index is 2.16. The first-order valence-electron chi connectivity index (χ1n) is 7.79. The van der Waals surface area contributed by atoms with E-state index in [1.54, 1.807) is 13.8 Å². The van der Waals surface area contributed by atoms with Crippen molar-refractivity contribution in [1.29, 1.82) is 0 Å². The van der Waals surface area contributed by atoms with E-state index in [4.69, 9.17) is 4.74 Å². The van der Waals surface area contributed by atoms with Gasteiger partial charge in [0.1, 0.15) is 0 Å². The van der Waals surface area contributed by atoms with Gasteiger partial charge in [-0.25, -0.2) is 13.1 Å². The van der Waals surface area contributed by atoms with Gasteiger partial charge in [-0.1, -0.05) is 0 Å². The molecule has 2 rings (SSSR count). The predicted octanol–water partition coefficient (Wildman–Crippen LogP) is 1.21. The van der Waals surface area contributed by atoms with E-state index in [0.717, 1.165) is 19.2 Å². The maximum atomic E-state index is 12.6. The number of morpholine rings is 1. The molecule has 134 valence electrons. The third kappa shape index (κ3) is 4.29. The van der Waals surface area contributed by atoms with Crippen LogP contribution >= 0.6 is 0 Å². The van der Waals surface area contributed by atoms with Crippen molar-refractivity contribution in [1.82, 2.24) is 9.62 Å². The van der Waals surface area contributed by atoms with E-state index in [9.17, 15) is 18.5 Å². The minimum absolute atomic E-state index is 0.0174. The number of hydrogen-bond donors (Lipinski definition) is 1. The standard InChI is InChI=1S/C15H23N3O5S/c1-11-8-14(18(19)20)9-15(13(11)3)24(21,22)16-10-12(2)17-4-6-23-7-5-17/h8-9,12,16H,4-7,10H2,1-3H3. The van der Waals surface area contributed by atoms with E-state index in [-0.39, 0.29) is 23.2 Å². The van der Waals surface area contributed by atoms with Gasteiger partial charge in [0.2, 0.25) is 10.0 Å². The fourth-order valence-electron chi connectivity index (χ4n) is 2.65. The minimum Gasteiger partial charge on any atom is -0.379 e. The summed E-state index contributed by atoms with van der Waals surface area (Å²) in [5.74, 6) is 0. The second-order valence-corrected chi connectivity index (χ2v) is 7.73. The summed E-state index contributed by atoms with van der Waals surface area (Å²) in [6.45, 7) is 8.30. The Morgan fingerprint density at radius 3 is 2.54 bits per heavy atom. The summed E-state index contributed by atoms with van der Waals surface area (Å²) < 4.78 is 33.0. The molecule has 24 heavy (non-hydrogen) atoms. The molecule has 1 N–H and O–H groups in total. The smallest absolute Gasteiger partial charge is 0.271 e. The van der Waals surface area contributed by atoms with Crippen molar-refractivity contribution in [3.63, 3.8) is 0 Å². The molecule has 0 radical (unpaired) electrons. The second kappa shape index (κ2) is 7.56. The van der Waals surface area contributed by atoms with Crippen molar-refractivity contribution in [3.8, 4) is 0 Å². The molecule has 0 aliphatic carbocycles. The minimum atomic E-state index is -3.82. The molecule has 1 heterocycles. The van der Waals surface area contributed by atoms with E-state index in [0.29, 0.717) is 24.3 Å². The number of ether oxygens (including phenoxy) is 1. The summed E-state index contributed by atoms with van der Waals surface area (Å²) in [6.07, 6.45) is 0. The van der Waals surface area contributed by atoms with Crippen LogP contribution in [-0.4, -0.2) is 57.1 Å². The van der Waals surface area contributed by atoms with E-state index < -0.39 is 14.9 Å². The topological polar surface area (TPSA) is 102 Å². The molecule has 1 unspecified atom stereocenters. The highest BCUT2D eigenvalue weighted by Crippen LogP contribution is 2.25. The molecule has 1 aromatic rings. The lowest BCUT2D eigenvalue weighted by Crippen LogP contribution is -2.47. The van der Waals surface area contributed by atoms with Crippen LogP contribution in [-0.2, 0) is 14.8 Å². The van der Waals surface area contributed by atoms with Crippen LogP contribution in [0.5, 0.6) is 0 Å². The summed E-state index contributed by atoms with van der Waals surface area (Å²) in [5.41, 5.74) is 0.873. The molecule has 0 aromatic heterocycles. The molecular formula is C15H23N3O5S. The Hall–Kier alpha value is -1.55. The van der Waals surface area contributed by atoms with Gasteiger partial charge in [-0.15, -0.1) is 0 Å². The summed E-state index contributed by atoms with van der Waals surface area (Å²) in [7, 11) is -3.82. The molecule has 1 aliphatic rings. The Morgan fingerprint density at radius 2 is 1.96 bits per heavy atom. The van der Waals surface area contributed by atoms with Crippen LogP contribution in [0.4, 0.5) is 5.69 Å². The summed E-state index contributed by atoms with van der Waals surface area (Å²) in [4.78, 5) is 12.5. The van der Waals surface area contributed by atoms with Gasteiger partial charge in [0.15, 0.2) is 0 Å². The molecule has 8 nitrogen and oxygen atoms in total. The Labute approximate surface area is 142 Å². The summed E-state index contributed by atoms with van der Waals surface area (Å²) in [6, 6.07) is 2.51. The molecule has 1 aliphatic heterocycles. The number of nitrogens with zero attached hydrogens (tertiary/aromatic N) is 2. The molecule has 9 heteroatoms. The molecule has 1 aromatic carbocycles. The molecule has 0 spiro atoms. The van der Waals surface area contributed by atoms with Crippen molar-refractivity contribution < 1.29 is 18.1 Å². The third-order valence-corrected chi connectivity index (χ3v) is 5.89. The average molecular weight is 357 g/mol. The highest BCUT2D eigenvalue weighted by Gasteiger charge is 2.24. The van der Waals surface area contributed by atoms with E-state index in [1.165, 1.54) is 6.07 Å². The number of benzene rings is 1. The zero-order valence-electron chi connectivity index (χ0n) is 14.1. The molecular weight excluding hydrogens is 334 g/mol. The predicted molar refractivity (Wildman–Crippen MR) is 89.6 cm³/mol. The van der Waals surface area contributed by atoms with E-state index in [2.05, 4.69) is 9.62 Å². The van der Waals surface area contributed by atoms with Gasteiger partial charge in [0.05, 0.1) is 23.0 Å². The molecule has 0 bridgehead atoms. The fraction of sp³-hybridized carbons (Fsp3) is 0.600. The Bertz CT molecular complexity index is 714. The van der Waals surface area contributed by atoms with Crippen molar-refractivity contribution in [2.24, 2.45) is 0 Å².